The Kier molecular flexibility index (Phi) is 9.40. The van der Waals surface area contributed by atoms with Gasteiger partial charge in [-0.15, -0.1) is 35.3 Å². The first-order valence-electron chi connectivity index (χ1n) is 8.02. The highest BCUT2D eigenvalue weighted by Gasteiger charge is 2.31. The van der Waals surface area contributed by atoms with Gasteiger partial charge < -0.3 is 10.6 Å². The Morgan fingerprint density at radius 3 is 2.70 bits per heavy atom. The predicted octanol–water partition coefficient (Wildman–Crippen LogP) is 3.91. The number of hydrogen-bond donors (Lipinski definition) is 2. The molecular formula is C16H28BrIN4S. The molecule has 0 spiro atoms. The average molecular weight is 515 g/mol. The van der Waals surface area contributed by atoms with Crippen molar-refractivity contribution < 1.29 is 0 Å². The summed E-state index contributed by atoms with van der Waals surface area (Å²) in [5.41, 5.74) is 0. The van der Waals surface area contributed by atoms with Gasteiger partial charge in [-0.3, -0.25) is 4.90 Å². The fraction of sp³-hybridized carbons (Fsp3) is 0.688. The van der Waals surface area contributed by atoms with Gasteiger partial charge in [0.05, 0.1) is 10.3 Å². The van der Waals surface area contributed by atoms with Gasteiger partial charge in [-0.1, -0.05) is 6.92 Å². The van der Waals surface area contributed by atoms with Crippen molar-refractivity contribution in [2.75, 3.05) is 19.6 Å². The first kappa shape index (κ1) is 21.2. The molecule has 0 amide bonds. The molecule has 132 valence electrons. The first-order valence-corrected chi connectivity index (χ1v) is 9.63. The fourth-order valence-corrected chi connectivity index (χ4v) is 4.11. The smallest absolute Gasteiger partial charge is 0.191 e. The molecule has 1 fully saturated rings. The maximum Gasteiger partial charge on any atom is 0.191 e. The van der Waals surface area contributed by atoms with Crippen LogP contribution in [-0.4, -0.2) is 42.6 Å². The fourth-order valence-electron chi connectivity index (χ4n) is 2.70. The largest absolute Gasteiger partial charge is 0.357 e. The second-order valence-electron chi connectivity index (χ2n) is 6.18. The maximum absolute atomic E-state index is 4.73. The van der Waals surface area contributed by atoms with Gasteiger partial charge in [0.2, 0.25) is 0 Å². The summed E-state index contributed by atoms with van der Waals surface area (Å²) in [6, 6.07) is 5.28. The lowest BCUT2D eigenvalue weighted by atomic mass is 10.1. The van der Waals surface area contributed by atoms with Gasteiger partial charge in [0.25, 0.3) is 0 Å². The first-order chi connectivity index (χ1) is 10.5. The highest BCUT2D eigenvalue weighted by atomic mass is 127. The Bertz CT molecular complexity index is 506. The SMILES string of the molecule is CCNC(=NCc1ccc(Br)s1)NC1CN(C(C)C)CC1C.I. The van der Waals surface area contributed by atoms with Crippen molar-refractivity contribution in [2.45, 2.75) is 46.3 Å². The number of aliphatic imine (C=N–C) groups is 1. The van der Waals surface area contributed by atoms with Gasteiger partial charge in [-0.2, -0.15) is 0 Å². The number of thiophene rings is 1. The Morgan fingerprint density at radius 1 is 1.43 bits per heavy atom. The second kappa shape index (κ2) is 10.2. The van der Waals surface area contributed by atoms with Crippen LogP contribution in [0, 0.1) is 5.92 Å². The van der Waals surface area contributed by atoms with E-state index in [1.807, 2.05) is 0 Å². The molecule has 0 saturated carbocycles. The molecule has 7 heteroatoms. The molecule has 1 aliphatic rings. The summed E-state index contributed by atoms with van der Waals surface area (Å²) >= 11 is 5.24. The molecule has 2 N–H and O–H groups in total. The molecule has 1 aromatic heterocycles. The highest BCUT2D eigenvalue weighted by Crippen LogP contribution is 2.22. The second-order valence-corrected chi connectivity index (χ2v) is 8.72. The summed E-state index contributed by atoms with van der Waals surface area (Å²) in [5, 5.41) is 6.98. The zero-order valence-electron chi connectivity index (χ0n) is 14.3. The highest BCUT2D eigenvalue weighted by molar-refractivity contribution is 14.0. The molecule has 1 aliphatic heterocycles. The summed E-state index contributed by atoms with van der Waals surface area (Å²) in [5.74, 6) is 1.57. The van der Waals surface area contributed by atoms with Crippen molar-refractivity contribution in [1.82, 2.24) is 15.5 Å². The van der Waals surface area contributed by atoms with Gasteiger partial charge in [-0.05, 0) is 54.8 Å². The number of guanidine groups is 1. The number of nitrogens with zero attached hydrogens (tertiary/aromatic N) is 2. The topological polar surface area (TPSA) is 39.7 Å². The molecule has 23 heavy (non-hydrogen) atoms. The monoisotopic (exact) mass is 514 g/mol. The van der Waals surface area contributed by atoms with Crippen molar-refractivity contribution in [2.24, 2.45) is 10.9 Å². The Morgan fingerprint density at radius 2 is 2.17 bits per heavy atom. The minimum absolute atomic E-state index is 0. The molecular weight excluding hydrogens is 487 g/mol. The number of halogens is 2. The third-order valence-corrected chi connectivity index (χ3v) is 5.67. The number of hydrogen-bond acceptors (Lipinski definition) is 3. The van der Waals surface area contributed by atoms with E-state index in [4.69, 9.17) is 4.99 Å². The van der Waals surface area contributed by atoms with Crippen LogP contribution in [0.25, 0.3) is 0 Å². The lowest BCUT2D eigenvalue weighted by Gasteiger charge is -2.21. The normalized spacial score (nSPS) is 22.3. The summed E-state index contributed by atoms with van der Waals surface area (Å²) in [4.78, 5) is 8.53. The minimum Gasteiger partial charge on any atom is -0.357 e. The van der Waals surface area contributed by atoms with Crippen LogP contribution >= 0.6 is 51.2 Å². The lowest BCUT2D eigenvalue weighted by Crippen LogP contribution is -2.46. The molecule has 0 bridgehead atoms. The zero-order chi connectivity index (χ0) is 16.1. The van der Waals surface area contributed by atoms with E-state index in [1.165, 1.54) is 4.88 Å². The van der Waals surface area contributed by atoms with E-state index in [0.717, 1.165) is 35.9 Å². The van der Waals surface area contributed by atoms with Crippen LogP contribution in [0.15, 0.2) is 20.9 Å². The van der Waals surface area contributed by atoms with Gasteiger partial charge in [0, 0.05) is 36.6 Å². The van der Waals surface area contributed by atoms with E-state index in [0.29, 0.717) is 18.0 Å². The number of rotatable bonds is 5. The van der Waals surface area contributed by atoms with Crippen molar-refractivity contribution >= 4 is 57.2 Å². The lowest BCUT2D eigenvalue weighted by molar-refractivity contribution is 0.265. The van der Waals surface area contributed by atoms with Gasteiger partial charge in [-0.25, -0.2) is 4.99 Å². The molecule has 0 aromatic carbocycles. The molecule has 0 radical (unpaired) electrons. The predicted molar refractivity (Wildman–Crippen MR) is 115 cm³/mol. The maximum atomic E-state index is 4.73. The third kappa shape index (κ3) is 6.51. The summed E-state index contributed by atoms with van der Waals surface area (Å²) in [6.07, 6.45) is 0. The van der Waals surface area contributed by atoms with Crippen LogP contribution in [0.4, 0.5) is 0 Å². The Balaban J connectivity index is 0.00000264. The molecule has 2 unspecified atom stereocenters. The van der Waals surface area contributed by atoms with E-state index in [9.17, 15) is 0 Å². The van der Waals surface area contributed by atoms with Crippen LogP contribution in [0.1, 0.15) is 32.6 Å². The Labute approximate surface area is 169 Å². The molecule has 2 heterocycles. The summed E-state index contributed by atoms with van der Waals surface area (Å²) in [6.45, 7) is 12.8. The standard InChI is InChI=1S/C16H27BrN4S.HI/c1-5-18-16(19-8-13-6-7-15(17)22-13)20-14-10-21(11(2)3)9-12(14)4;/h6-7,11-12,14H,5,8-10H2,1-4H3,(H2,18,19,20);1H. The van der Waals surface area contributed by atoms with Crippen LogP contribution in [-0.2, 0) is 6.54 Å². The van der Waals surface area contributed by atoms with Gasteiger partial charge >= 0.3 is 0 Å². The molecule has 1 saturated heterocycles. The molecule has 1 aromatic rings. The van der Waals surface area contributed by atoms with Crippen LogP contribution < -0.4 is 10.6 Å². The van der Waals surface area contributed by atoms with E-state index >= 15 is 0 Å². The number of likely N-dealkylation sites (tertiary alicyclic amines) is 1. The Hall–Kier alpha value is 0.140. The van der Waals surface area contributed by atoms with Crippen LogP contribution in [0.5, 0.6) is 0 Å². The third-order valence-electron chi connectivity index (χ3n) is 4.06. The van der Waals surface area contributed by atoms with E-state index in [1.54, 1.807) is 11.3 Å². The van der Waals surface area contributed by atoms with Crippen LogP contribution in [0.3, 0.4) is 0 Å². The van der Waals surface area contributed by atoms with Crippen molar-refractivity contribution in [1.29, 1.82) is 0 Å². The average Bonchev–Trinajstić information content (AvgIpc) is 3.03. The quantitative estimate of drug-likeness (QED) is 0.355. The van der Waals surface area contributed by atoms with Gasteiger partial charge in [0.1, 0.15) is 0 Å². The van der Waals surface area contributed by atoms with Crippen molar-refractivity contribution in [3.05, 3.63) is 20.8 Å². The molecule has 2 rings (SSSR count). The molecule has 0 aliphatic carbocycles. The zero-order valence-corrected chi connectivity index (χ0v) is 19.0. The van der Waals surface area contributed by atoms with Crippen molar-refractivity contribution in [3.8, 4) is 0 Å². The number of nitrogens with one attached hydrogen (secondary N) is 2. The van der Waals surface area contributed by atoms with E-state index < -0.39 is 0 Å². The minimum atomic E-state index is 0. The van der Waals surface area contributed by atoms with E-state index in [2.05, 4.69) is 71.3 Å². The van der Waals surface area contributed by atoms with Crippen molar-refractivity contribution in [3.63, 3.8) is 0 Å². The molecule has 2 atom stereocenters. The summed E-state index contributed by atoms with van der Waals surface area (Å²) < 4.78 is 1.16. The van der Waals surface area contributed by atoms with E-state index in [-0.39, 0.29) is 24.0 Å². The summed E-state index contributed by atoms with van der Waals surface area (Å²) in [7, 11) is 0. The van der Waals surface area contributed by atoms with Crippen LogP contribution in [0.2, 0.25) is 0 Å². The van der Waals surface area contributed by atoms with Gasteiger partial charge in [0.15, 0.2) is 5.96 Å². The molecule has 4 nitrogen and oxygen atoms in total.